The second-order valence-corrected chi connectivity index (χ2v) is 13.5. The molecule has 3 atom stereocenters. The second kappa shape index (κ2) is 9.89. The molecular weight excluding hydrogens is 515 g/mol. The van der Waals surface area contributed by atoms with Crippen molar-refractivity contribution in [3.63, 3.8) is 0 Å². The minimum Gasteiger partial charge on any atom is -0.310 e. The normalized spacial score (nSPS) is 19.8. The average molecular weight is 550 g/mol. The summed E-state index contributed by atoms with van der Waals surface area (Å²) in [5.74, 6) is 2.61. The van der Waals surface area contributed by atoms with Gasteiger partial charge >= 0.3 is 0 Å². The first-order valence-corrected chi connectivity index (χ1v) is 15.9. The van der Waals surface area contributed by atoms with E-state index in [-0.39, 0.29) is 0 Å². The fourth-order valence-electron chi connectivity index (χ4n) is 7.77. The maximum Gasteiger partial charge on any atom is 0.0468 e. The topological polar surface area (TPSA) is 3.24 Å². The van der Waals surface area contributed by atoms with Crippen LogP contribution < -0.4 is 4.90 Å². The van der Waals surface area contributed by atoms with Gasteiger partial charge in [-0.25, -0.2) is 0 Å². The van der Waals surface area contributed by atoms with Crippen LogP contribution in [0.15, 0.2) is 109 Å². The molecule has 2 saturated carbocycles. The summed E-state index contributed by atoms with van der Waals surface area (Å²) in [7, 11) is 0. The van der Waals surface area contributed by atoms with Crippen molar-refractivity contribution in [2.24, 2.45) is 11.8 Å². The van der Waals surface area contributed by atoms with Crippen LogP contribution in [0, 0.1) is 25.7 Å². The quantitative estimate of drug-likeness (QED) is 0.207. The van der Waals surface area contributed by atoms with Crippen molar-refractivity contribution in [2.45, 2.75) is 45.4 Å². The van der Waals surface area contributed by atoms with Gasteiger partial charge in [-0.15, -0.1) is 11.3 Å². The molecule has 1 heterocycles. The van der Waals surface area contributed by atoms with Crippen molar-refractivity contribution < 1.29 is 0 Å². The lowest BCUT2D eigenvalue weighted by Crippen LogP contribution is -2.11. The summed E-state index contributed by atoms with van der Waals surface area (Å²) in [5, 5.41) is 2.67. The monoisotopic (exact) mass is 549 g/mol. The molecule has 2 aliphatic carbocycles. The summed E-state index contributed by atoms with van der Waals surface area (Å²) in [6.07, 6.45) is 5.70. The van der Waals surface area contributed by atoms with E-state index in [1.54, 1.807) is 0 Å². The number of hydrogen-bond donors (Lipinski definition) is 0. The predicted molar refractivity (Wildman–Crippen MR) is 177 cm³/mol. The summed E-state index contributed by atoms with van der Waals surface area (Å²) < 4.78 is 2.69. The molecule has 8 rings (SSSR count). The fraction of sp³-hybridized carbons (Fsp3) is 0.231. The number of thiophene rings is 1. The molecule has 5 aromatic carbocycles. The van der Waals surface area contributed by atoms with Gasteiger partial charge in [0.1, 0.15) is 0 Å². The van der Waals surface area contributed by atoms with Gasteiger partial charge in [-0.05, 0) is 116 Å². The highest BCUT2D eigenvalue weighted by Crippen LogP contribution is 2.53. The van der Waals surface area contributed by atoms with Gasteiger partial charge in [0.2, 0.25) is 0 Å². The van der Waals surface area contributed by atoms with Crippen LogP contribution in [0.5, 0.6) is 0 Å². The molecule has 0 aliphatic heterocycles. The predicted octanol–water partition coefficient (Wildman–Crippen LogP) is 11.7. The molecule has 2 aliphatic rings. The Bertz CT molecular complexity index is 1860. The molecule has 0 radical (unpaired) electrons. The van der Waals surface area contributed by atoms with Crippen molar-refractivity contribution in [1.29, 1.82) is 0 Å². The number of hydrogen-bond acceptors (Lipinski definition) is 2. The lowest BCUT2D eigenvalue weighted by atomic mass is 9.83. The van der Waals surface area contributed by atoms with Crippen LogP contribution in [-0.2, 0) is 0 Å². The van der Waals surface area contributed by atoms with Crippen LogP contribution >= 0.6 is 11.3 Å². The van der Waals surface area contributed by atoms with E-state index >= 15 is 0 Å². The third-order valence-corrected chi connectivity index (χ3v) is 10.8. The highest BCUT2D eigenvalue weighted by Gasteiger charge is 2.40. The maximum atomic E-state index is 2.43. The largest absolute Gasteiger partial charge is 0.310 e. The van der Waals surface area contributed by atoms with E-state index in [0.29, 0.717) is 0 Å². The Morgan fingerprint density at radius 1 is 0.585 bits per heavy atom. The number of anilines is 3. The van der Waals surface area contributed by atoms with Gasteiger partial charge in [-0.2, -0.15) is 0 Å². The number of nitrogens with zero attached hydrogens (tertiary/aromatic N) is 1. The fourth-order valence-corrected chi connectivity index (χ4v) is 8.85. The van der Waals surface area contributed by atoms with Crippen molar-refractivity contribution >= 4 is 48.6 Å². The summed E-state index contributed by atoms with van der Waals surface area (Å²) >= 11 is 1.88. The Kier molecular flexibility index (Phi) is 6.00. The van der Waals surface area contributed by atoms with Crippen LogP contribution in [0.1, 0.15) is 48.3 Å². The van der Waals surface area contributed by atoms with Crippen LogP contribution in [-0.4, -0.2) is 0 Å². The van der Waals surface area contributed by atoms with Gasteiger partial charge in [0, 0.05) is 37.2 Å². The molecule has 3 unspecified atom stereocenters. The van der Waals surface area contributed by atoms with Crippen molar-refractivity contribution in [2.75, 3.05) is 4.90 Å². The smallest absolute Gasteiger partial charge is 0.0468 e. The van der Waals surface area contributed by atoms with E-state index in [1.165, 1.54) is 90.7 Å². The Balaban J connectivity index is 1.22. The summed E-state index contributed by atoms with van der Waals surface area (Å²) in [4.78, 5) is 2.43. The minimum absolute atomic E-state index is 0.752. The third-order valence-electron chi connectivity index (χ3n) is 9.62. The Morgan fingerprint density at radius 3 is 1.98 bits per heavy atom. The standard InChI is InChI=1S/C39H35NS/c1-25-19-26(2)21-31(20-25)28-9-13-32(14-10-28)40(33-15-11-29(12-16-33)36-23-27-7-8-30(36)22-27)34-17-18-39-37(24-34)35-5-3-4-6-38(35)41-39/h3-6,9-21,24,27,30,36H,7-8,22-23H2,1-2H3. The third kappa shape index (κ3) is 4.46. The molecule has 2 heteroatoms. The highest BCUT2D eigenvalue weighted by atomic mass is 32.1. The summed E-state index contributed by atoms with van der Waals surface area (Å²) in [6.45, 7) is 4.36. The number of aryl methyl sites for hydroxylation is 2. The molecule has 0 amide bonds. The first kappa shape index (κ1) is 24.9. The Hall–Kier alpha value is -3.88. The zero-order chi connectivity index (χ0) is 27.5. The zero-order valence-corrected chi connectivity index (χ0v) is 24.6. The second-order valence-electron chi connectivity index (χ2n) is 12.4. The molecule has 41 heavy (non-hydrogen) atoms. The van der Waals surface area contributed by atoms with Crippen molar-refractivity contribution in [3.05, 3.63) is 126 Å². The van der Waals surface area contributed by atoms with Crippen LogP contribution in [0.25, 0.3) is 31.3 Å². The first-order valence-electron chi connectivity index (χ1n) is 15.1. The van der Waals surface area contributed by atoms with Crippen LogP contribution in [0.2, 0.25) is 0 Å². The SMILES string of the molecule is Cc1cc(C)cc(-c2ccc(N(c3ccc(C4CC5CCC4C5)cc3)c3ccc4sc5ccccc5c4c3)cc2)c1. The number of fused-ring (bicyclic) bond motifs is 5. The zero-order valence-electron chi connectivity index (χ0n) is 23.8. The van der Waals surface area contributed by atoms with E-state index in [0.717, 1.165) is 17.8 Å². The molecule has 202 valence electrons. The minimum atomic E-state index is 0.752. The molecule has 2 fully saturated rings. The van der Waals surface area contributed by atoms with Crippen molar-refractivity contribution in [1.82, 2.24) is 0 Å². The number of rotatable bonds is 5. The molecule has 2 bridgehead atoms. The van der Waals surface area contributed by atoms with Gasteiger partial charge in [0.15, 0.2) is 0 Å². The Labute approximate surface area is 247 Å². The van der Waals surface area contributed by atoms with E-state index in [2.05, 4.69) is 128 Å². The van der Waals surface area contributed by atoms with E-state index in [1.807, 2.05) is 11.3 Å². The molecule has 6 aromatic rings. The highest BCUT2D eigenvalue weighted by molar-refractivity contribution is 7.25. The van der Waals surface area contributed by atoms with Crippen molar-refractivity contribution in [3.8, 4) is 11.1 Å². The van der Waals surface area contributed by atoms with Crippen LogP contribution in [0.3, 0.4) is 0 Å². The molecule has 0 spiro atoms. The first-order chi connectivity index (χ1) is 20.1. The molecule has 0 N–H and O–H groups in total. The Morgan fingerprint density at radius 2 is 1.27 bits per heavy atom. The van der Waals surface area contributed by atoms with Crippen LogP contribution in [0.4, 0.5) is 17.1 Å². The van der Waals surface area contributed by atoms with E-state index < -0.39 is 0 Å². The van der Waals surface area contributed by atoms with Gasteiger partial charge in [0.05, 0.1) is 0 Å². The molecule has 1 nitrogen and oxygen atoms in total. The molecular formula is C39H35NS. The van der Waals surface area contributed by atoms with E-state index in [4.69, 9.17) is 0 Å². The van der Waals surface area contributed by atoms with Gasteiger partial charge in [-0.1, -0.05) is 78.2 Å². The van der Waals surface area contributed by atoms with Gasteiger partial charge in [-0.3, -0.25) is 0 Å². The lowest BCUT2D eigenvalue weighted by molar-refractivity contribution is 0.420. The maximum absolute atomic E-state index is 2.43. The average Bonchev–Trinajstić information content (AvgIpc) is 3.72. The molecule has 0 saturated heterocycles. The van der Waals surface area contributed by atoms with Gasteiger partial charge < -0.3 is 4.90 Å². The van der Waals surface area contributed by atoms with E-state index in [9.17, 15) is 0 Å². The summed E-state index contributed by atoms with van der Waals surface area (Å²) in [6, 6.07) is 41.2. The lowest BCUT2D eigenvalue weighted by Gasteiger charge is -2.27. The van der Waals surface area contributed by atoms with Gasteiger partial charge in [0.25, 0.3) is 0 Å². The summed E-state index contributed by atoms with van der Waals surface area (Å²) in [5.41, 5.74) is 10.3. The molecule has 1 aromatic heterocycles. The number of benzene rings is 5.